The second-order valence-electron chi connectivity index (χ2n) is 6.39. The summed E-state index contributed by atoms with van der Waals surface area (Å²) in [5.74, 6) is 0.558. The van der Waals surface area contributed by atoms with Crippen LogP contribution < -0.4 is 4.90 Å². The maximum atomic E-state index is 12.5. The Hall–Kier alpha value is -2.24. The van der Waals surface area contributed by atoms with Gasteiger partial charge in [-0.1, -0.05) is 0 Å². The third-order valence-electron chi connectivity index (χ3n) is 4.94. The van der Waals surface area contributed by atoms with Gasteiger partial charge in [0.25, 0.3) is 0 Å². The number of fused-ring (bicyclic) bond motifs is 1. The van der Waals surface area contributed by atoms with Gasteiger partial charge in [0.2, 0.25) is 5.91 Å². The first kappa shape index (κ1) is 14.4. The first-order valence-corrected chi connectivity index (χ1v) is 8.42. The van der Waals surface area contributed by atoms with Crippen molar-refractivity contribution >= 4 is 22.8 Å². The summed E-state index contributed by atoms with van der Waals surface area (Å²) in [6, 6.07) is 2.04. The molecule has 6 heteroatoms. The Balaban J connectivity index is 1.43. The summed E-state index contributed by atoms with van der Waals surface area (Å²) >= 11 is 0. The number of anilines is 1. The fourth-order valence-electron chi connectivity index (χ4n) is 3.60. The number of carbonyl (C=O) groups is 1. The van der Waals surface area contributed by atoms with Crippen LogP contribution >= 0.6 is 0 Å². The first-order valence-electron chi connectivity index (χ1n) is 8.42. The van der Waals surface area contributed by atoms with E-state index in [1.807, 2.05) is 17.2 Å². The summed E-state index contributed by atoms with van der Waals surface area (Å²) in [4.78, 5) is 29.8. The van der Waals surface area contributed by atoms with Crippen LogP contribution in [0.3, 0.4) is 0 Å². The number of rotatable bonds is 2. The predicted octanol–water partition coefficient (Wildman–Crippen LogP) is 1.86. The van der Waals surface area contributed by atoms with Crippen LogP contribution in [-0.2, 0) is 4.79 Å². The van der Waals surface area contributed by atoms with Crippen LogP contribution in [0.4, 0.5) is 5.69 Å². The van der Waals surface area contributed by atoms with Gasteiger partial charge in [-0.05, 0) is 31.7 Å². The van der Waals surface area contributed by atoms with E-state index in [1.54, 1.807) is 12.4 Å². The van der Waals surface area contributed by atoms with Gasteiger partial charge in [-0.3, -0.25) is 9.78 Å². The van der Waals surface area contributed by atoms with Gasteiger partial charge in [0, 0.05) is 44.5 Å². The van der Waals surface area contributed by atoms with Crippen LogP contribution in [0, 0.1) is 5.92 Å². The highest BCUT2D eigenvalue weighted by Crippen LogP contribution is 2.26. The Bertz CT molecular complexity index is 705. The van der Waals surface area contributed by atoms with Crippen LogP contribution in [0.15, 0.2) is 24.7 Å². The van der Waals surface area contributed by atoms with Crippen molar-refractivity contribution in [1.82, 2.24) is 19.9 Å². The highest BCUT2D eigenvalue weighted by molar-refractivity contribution is 5.79. The number of nitrogens with zero attached hydrogens (tertiary/aromatic N) is 5. The fraction of sp³-hybridized carbons (Fsp3) is 0.529. The van der Waals surface area contributed by atoms with Crippen molar-refractivity contribution in [2.45, 2.75) is 25.7 Å². The molecule has 2 aliphatic heterocycles. The Labute approximate surface area is 135 Å². The zero-order valence-electron chi connectivity index (χ0n) is 13.2. The van der Waals surface area contributed by atoms with Crippen molar-refractivity contribution in [3.63, 3.8) is 0 Å². The molecular weight excluding hydrogens is 290 g/mol. The molecule has 23 heavy (non-hydrogen) atoms. The minimum absolute atomic E-state index is 0.192. The van der Waals surface area contributed by atoms with E-state index in [9.17, 15) is 4.79 Å². The molecule has 2 saturated heterocycles. The lowest BCUT2D eigenvalue weighted by Gasteiger charge is -2.34. The highest BCUT2D eigenvalue weighted by Gasteiger charge is 2.29. The molecule has 120 valence electrons. The van der Waals surface area contributed by atoms with Crippen molar-refractivity contribution in [2.75, 3.05) is 31.1 Å². The quantitative estimate of drug-likeness (QED) is 0.847. The van der Waals surface area contributed by atoms with E-state index in [4.69, 9.17) is 0 Å². The molecule has 0 radical (unpaired) electrons. The number of piperidine rings is 1. The molecule has 0 aromatic carbocycles. The van der Waals surface area contributed by atoms with Gasteiger partial charge < -0.3 is 9.80 Å². The normalized spacial score (nSPS) is 19.5. The van der Waals surface area contributed by atoms with E-state index in [0.717, 1.165) is 63.1 Å². The van der Waals surface area contributed by atoms with Crippen LogP contribution in [0.25, 0.3) is 11.2 Å². The zero-order chi connectivity index (χ0) is 15.6. The average molecular weight is 311 g/mol. The Morgan fingerprint density at radius 1 is 1.00 bits per heavy atom. The zero-order valence-corrected chi connectivity index (χ0v) is 13.2. The molecule has 0 saturated carbocycles. The summed E-state index contributed by atoms with van der Waals surface area (Å²) < 4.78 is 0. The smallest absolute Gasteiger partial charge is 0.225 e. The Kier molecular flexibility index (Phi) is 3.81. The molecule has 1 amide bonds. The number of amides is 1. The number of pyridine rings is 1. The molecule has 4 rings (SSSR count). The van der Waals surface area contributed by atoms with E-state index in [-0.39, 0.29) is 5.92 Å². The summed E-state index contributed by atoms with van der Waals surface area (Å²) in [5.41, 5.74) is 2.57. The minimum Gasteiger partial charge on any atom is -0.370 e. The van der Waals surface area contributed by atoms with Crippen LogP contribution in [0.1, 0.15) is 25.7 Å². The molecule has 2 aromatic heterocycles. The molecule has 0 bridgehead atoms. The summed E-state index contributed by atoms with van der Waals surface area (Å²) in [7, 11) is 0. The lowest BCUT2D eigenvalue weighted by Crippen LogP contribution is -2.41. The Morgan fingerprint density at radius 2 is 1.74 bits per heavy atom. The predicted molar refractivity (Wildman–Crippen MR) is 88.1 cm³/mol. The third-order valence-corrected chi connectivity index (χ3v) is 4.94. The summed E-state index contributed by atoms with van der Waals surface area (Å²) in [6.07, 6.45) is 9.38. The third kappa shape index (κ3) is 2.85. The van der Waals surface area contributed by atoms with Gasteiger partial charge in [-0.15, -0.1) is 0 Å². The maximum Gasteiger partial charge on any atom is 0.225 e. The molecule has 0 unspecified atom stereocenters. The van der Waals surface area contributed by atoms with Crippen molar-refractivity contribution in [3.05, 3.63) is 24.7 Å². The van der Waals surface area contributed by atoms with E-state index < -0.39 is 0 Å². The molecule has 4 heterocycles. The van der Waals surface area contributed by atoms with Gasteiger partial charge in [-0.25, -0.2) is 9.97 Å². The van der Waals surface area contributed by atoms with Crippen molar-refractivity contribution in [3.8, 4) is 0 Å². The van der Waals surface area contributed by atoms with Gasteiger partial charge in [0.05, 0.1) is 11.9 Å². The highest BCUT2D eigenvalue weighted by atomic mass is 16.2. The van der Waals surface area contributed by atoms with E-state index in [1.165, 1.54) is 0 Å². The Morgan fingerprint density at radius 3 is 2.52 bits per heavy atom. The van der Waals surface area contributed by atoms with Gasteiger partial charge in [0.1, 0.15) is 5.52 Å². The average Bonchev–Trinajstić information content (AvgIpc) is 3.15. The number of carbonyl (C=O) groups excluding carboxylic acids is 1. The van der Waals surface area contributed by atoms with Crippen LogP contribution in [0.2, 0.25) is 0 Å². The van der Waals surface area contributed by atoms with E-state index in [2.05, 4.69) is 19.9 Å². The van der Waals surface area contributed by atoms with Gasteiger partial charge in [-0.2, -0.15) is 0 Å². The number of hydrogen-bond acceptors (Lipinski definition) is 5. The molecule has 2 aliphatic rings. The van der Waals surface area contributed by atoms with Crippen LogP contribution in [-0.4, -0.2) is 51.9 Å². The molecular formula is C17H21N5O. The summed E-state index contributed by atoms with van der Waals surface area (Å²) in [6.45, 7) is 3.70. The lowest BCUT2D eigenvalue weighted by atomic mass is 9.95. The SMILES string of the molecule is O=C(C1CCN(c2cnc3nccnc3c2)CC1)N1CCCC1. The number of hydrogen-bond donors (Lipinski definition) is 0. The van der Waals surface area contributed by atoms with Crippen molar-refractivity contribution in [2.24, 2.45) is 5.92 Å². The molecule has 2 fully saturated rings. The number of aromatic nitrogens is 3. The van der Waals surface area contributed by atoms with E-state index in [0.29, 0.717) is 11.6 Å². The second-order valence-corrected chi connectivity index (χ2v) is 6.39. The van der Waals surface area contributed by atoms with Crippen molar-refractivity contribution < 1.29 is 4.79 Å². The largest absolute Gasteiger partial charge is 0.370 e. The maximum absolute atomic E-state index is 12.5. The molecule has 2 aromatic rings. The van der Waals surface area contributed by atoms with Gasteiger partial charge in [0.15, 0.2) is 5.65 Å². The first-order chi connectivity index (χ1) is 11.3. The standard InChI is InChI=1S/C17H21N5O/c23-17(22-7-1-2-8-22)13-3-9-21(10-4-13)14-11-15-16(20-12-14)19-6-5-18-15/h5-6,11-13H,1-4,7-10H2. The summed E-state index contributed by atoms with van der Waals surface area (Å²) in [5, 5.41) is 0. The van der Waals surface area contributed by atoms with E-state index >= 15 is 0 Å². The fourth-order valence-corrected chi connectivity index (χ4v) is 3.60. The molecule has 0 atom stereocenters. The monoisotopic (exact) mass is 311 g/mol. The molecule has 0 N–H and O–H groups in total. The topological polar surface area (TPSA) is 62.2 Å². The lowest BCUT2D eigenvalue weighted by molar-refractivity contribution is -0.135. The van der Waals surface area contributed by atoms with Crippen molar-refractivity contribution in [1.29, 1.82) is 0 Å². The molecule has 0 spiro atoms. The minimum atomic E-state index is 0.192. The van der Waals surface area contributed by atoms with Crippen LogP contribution in [0.5, 0.6) is 0 Å². The van der Waals surface area contributed by atoms with Gasteiger partial charge >= 0.3 is 0 Å². The number of likely N-dealkylation sites (tertiary alicyclic amines) is 1. The second kappa shape index (κ2) is 6.10. The molecule has 6 nitrogen and oxygen atoms in total. The molecule has 0 aliphatic carbocycles.